The van der Waals surface area contributed by atoms with Crippen molar-refractivity contribution < 1.29 is 80.2 Å². The second-order valence-corrected chi connectivity index (χ2v) is 35.7. The van der Waals surface area contributed by atoms with Crippen LogP contribution in [-0.2, 0) is 65.4 Å². The van der Waals surface area contributed by atoms with E-state index in [4.69, 9.17) is 37.0 Å². The molecule has 2 unspecified atom stereocenters. The van der Waals surface area contributed by atoms with Gasteiger partial charge in [0, 0.05) is 25.7 Å². The molecule has 0 aromatic rings. The van der Waals surface area contributed by atoms with E-state index in [1.54, 1.807) is 0 Å². The largest absolute Gasteiger partial charge is 0.472 e. The zero-order chi connectivity index (χ0) is 79.7. The molecule has 0 saturated heterocycles. The Balaban J connectivity index is 5.23. The number of hydrogen-bond donors (Lipinski definition) is 3. The molecule has 19 heteroatoms. The molecule has 3 N–H and O–H groups in total. The van der Waals surface area contributed by atoms with Crippen molar-refractivity contribution in [3.05, 3.63) is 0 Å². The lowest BCUT2D eigenvalue weighted by Crippen LogP contribution is -2.30. The van der Waals surface area contributed by atoms with Crippen LogP contribution < -0.4 is 0 Å². The third-order valence-electron chi connectivity index (χ3n) is 21.3. The highest BCUT2D eigenvalue weighted by molar-refractivity contribution is 7.47. The van der Waals surface area contributed by atoms with Gasteiger partial charge in [0.2, 0.25) is 0 Å². The fraction of sp³-hybridized carbons (Fsp3) is 0.956. The highest BCUT2D eigenvalue weighted by Gasteiger charge is 2.31. The number of phosphoric ester groups is 2. The number of hydrogen-bond acceptors (Lipinski definition) is 15. The molecule has 0 bridgehead atoms. The van der Waals surface area contributed by atoms with E-state index in [9.17, 15) is 43.2 Å². The number of carbonyl (C=O) groups excluding carboxylic acids is 4. The first-order valence-electron chi connectivity index (χ1n) is 46.6. The van der Waals surface area contributed by atoms with E-state index in [1.807, 2.05) is 0 Å². The second kappa shape index (κ2) is 82.6. The lowest BCUT2D eigenvalue weighted by Gasteiger charge is -2.21. The Morgan fingerprint density at radius 1 is 0.248 bits per heavy atom. The molecule has 109 heavy (non-hydrogen) atoms. The molecule has 0 aliphatic rings. The first kappa shape index (κ1) is 107. The Hall–Kier alpha value is -1.94. The van der Waals surface area contributed by atoms with Crippen molar-refractivity contribution in [1.29, 1.82) is 0 Å². The third-order valence-corrected chi connectivity index (χ3v) is 23.2. The highest BCUT2D eigenvalue weighted by Crippen LogP contribution is 2.45. The van der Waals surface area contributed by atoms with Crippen LogP contribution in [-0.4, -0.2) is 96.7 Å². The second-order valence-electron chi connectivity index (χ2n) is 32.8. The molecular weight excluding hydrogens is 1410 g/mol. The third kappa shape index (κ3) is 83.8. The Morgan fingerprint density at radius 2 is 0.422 bits per heavy atom. The number of esters is 4. The Bertz CT molecular complexity index is 2070. The zero-order valence-corrected chi connectivity index (χ0v) is 73.5. The Morgan fingerprint density at radius 3 is 0.624 bits per heavy atom. The van der Waals surface area contributed by atoms with Gasteiger partial charge in [0.15, 0.2) is 12.2 Å². The van der Waals surface area contributed by atoms with Crippen molar-refractivity contribution in [2.75, 3.05) is 39.6 Å². The van der Waals surface area contributed by atoms with Crippen LogP contribution in [0.25, 0.3) is 0 Å². The van der Waals surface area contributed by atoms with Gasteiger partial charge in [-0.1, -0.05) is 439 Å². The summed E-state index contributed by atoms with van der Waals surface area (Å²) in [4.78, 5) is 73.4. The average Bonchev–Trinajstić information content (AvgIpc) is 0.899. The topological polar surface area (TPSA) is 237 Å². The van der Waals surface area contributed by atoms with Gasteiger partial charge in [-0.25, -0.2) is 9.13 Å². The number of ether oxygens (including phenoxy) is 4. The molecule has 0 fully saturated rings. The fourth-order valence-corrected chi connectivity index (χ4v) is 15.8. The lowest BCUT2D eigenvalue weighted by molar-refractivity contribution is -0.161. The molecule has 0 heterocycles. The Labute approximate surface area is 670 Å². The smallest absolute Gasteiger partial charge is 0.462 e. The summed E-state index contributed by atoms with van der Waals surface area (Å²) < 4.78 is 69.0. The molecule has 0 spiro atoms. The molecule has 5 atom stereocenters. The van der Waals surface area contributed by atoms with Gasteiger partial charge < -0.3 is 33.8 Å². The van der Waals surface area contributed by atoms with Crippen molar-refractivity contribution in [3.63, 3.8) is 0 Å². The molecule has 0 aromatic heterocycles. The SMILES string of the molecule is CCCCCCCCCCCCCCCCCCCCCCC(=O)O[C@H](COC(=O)CCCCCCCCCCCCCCCCCCCCC)COP(=O)(O)OC[C@@H](O)COP(=O)(O)OC[C@@H](COC(=O)CCCCCCCCCCC(C)C)OC(=O)CCCCCCCCCCCCCCCCCCCCC. The van der Waals surface area contributed by atoms with Gasteiger partial charge in [-0.3, -0.25) is 37.3 Å². The molecular formula is C90H176O17P2. The summed E-state index contributed by atoms with van der Waals surface area (Å²) in [6.45, 7) is 7.36. The van der Waals surface area contributed by atoms with Crippen LogP contribution in [0, 0.1) is 5.92 Å². The minimum atomic E-state index is -4.97. The molecule has 0 aromatic carbocycles. The van der Waals surface area contributed by atoms with Crippen molar-refractivity contribution in [2.24, 2.45) is 5.92 Å². The Kier molecular flexibility index (Phi) is 81.1. The number of rotatable bonds is 90. The van der Waals surface area contributed by atoms with Crippen molar-refractivity contribution >= 4 is 39.5 Å². The molecule has 0 amide bonds. The first-order valence-corrected chi connectivity index (χ1v) is 49.6. The monoisotopic (exact) mass is 1590 g/mol. The lowest BCUT2D eigenvalue weighted by atomic mass is 10.0. The molecule has 0 aliphatic heterocycles. The van der Waals surface area contributed by atoms with E-state index < -0.39 is 97.5 Å². The van der Waals surface area contributed by atoms with Crippen molar-refractivity contribution in [2.45, 2.75) is 509 Å². The highest BCUT2D eigenvalue weighted by atomic mass is 31.2. The predicted octanol–water partition coefficient (Wildman–Crippen LogP) is 27.9. The number of aliphatic hydroxyl groups is 1. The van der Waals surface area contributed by atoms with Gasteiger partial charge in [0.05, 0.1) is 26.4 Å². The average molecular weight is 1590 g/mol. The van der Waals surface area contributed by atoms with Gasteiger partial charge in [0.1, 0.15) is 19.3 Å². The van der Waals surface area contributed by atoms with Crippen LogP contribution in [0.15, 0.2) is 0 Å². The molecule has 17 nitrogen and oxygen atoms in total. The number of carbonyl (C=O) groups is 4. The molecule has 0 saturated carbocycles. The number of aliphatic hydroxyl groups excluding tert-OH is 1. The van der Waals surface area contributed by atoms with Crippen LogP contribution in [0.1, 0.15) is 490 Å². The maximum absolute atomic E-state index is 13.2. The summed E-state index contributed by atoms with van der Waals surface area (Å²) in [6.07, 6.45) is 77.9. The number of unbranched alkanes of at least 4 members (excludes halogenated alkanes) is 62. The van der Waals surface area contributed by atoms with E-state index in [2.05, 4.69) is 34.6 Å². The van der Waals surface area contributed by atoms with Crippen LogP contribution in [0.2, 0.25) is 0 Å². The van der Waals surface area contributed by atoms with E-state index in [-0.39, 0.29) is 25.7 Å². The molecule has 0 aliphatic carbocycles. The van der Waals surface area contributed by atoms with Gasteiger partial charge in [-0.05, 0) is 31.6 Å². The van der Waals surface area contributed by atoms with E-state index >= 15 is 0 Å². The van der Waals surface area contributed by atoms with Gasteiger partial charge in [0.25, 0.3) is 0 Å². The normalized spacial score (nSPS) is 13.7. The van der Waals surface area contributed by atoms with Gasteiger partial charge in [-0.15, -0.1) is 0 Å². The van der Waals surface area contributed by atoms with Crippen LogP contribution in [0.5, 0.6) is 0 Å². The summed E-state index contributed by atoms with van der Waals surface area (Å²) in [6, 6.07) is 0. The minimum absolute atomic E-state index is 0.109. The maximum Gasteiger partial charge on any atom is 0.472 e. The van der Waals surface area contributed by atoms with Gasteiger partial charge in [-0.2, -0.15) is 0 Å². The van der Waals surface area contributed by atoms with Crippen LogP contribution in [0.3, 0.4) is 0 Å². The summed E-state index contributed by atoms with van der Waals surface area (Å²) >= 11 is 0. The van der Waals surface area contributed by atoms with Crippen molar-refractivity contribution in [3.8, 4) is 0 Å². The van der Waals surface area contributed by atoms with Gasteiger partial charge >= 0.3 is 39.5 Å². The molecule has 648 valence electrons. The van der Waals surface area contributed by atoms with Crippen LogP contribution >= 0.6 is 15.6 Å². The van der Waals surface area contributed by atoms with Crippen LogP contribution in [0.4, 0.5) is 0 Å². The fourth-order valence-electron chi connectivity index (χ4n) is 14.2. The maximum atomic E-state index is 13.2. The quantitative estimate of drug-likeness (QED) is 0.0222. The molecule has 0 radical (unpaired) electrons. The number of phosphoric acid groups is 2. The zero-order valence-electron chi connectivity index (χ0n) is 71.7. The van der Waals surface area contributed by atoms with E-state index in [1.165, 1.54) is 315 Å². The summed E-state index contributed by atoms with van der Waals surface area (Å²) in [5, 5.41) is 10.7. The van der Waals surface area contributed by atoms with E-state index in [0.29, 0.717) is 25.7 Å². The van der Waals surface area contributed by atoms with Crippen molar-refractivity contribution in [1.82, 2.24) is 0 Å². The summed E-state index contributed by atoms with van der Waals surface area (Å²) in [5.41, 5.74) is 0. The molecule has 0 rings (SSSR count). The summed E-state index contributed by atoms with van der Waals surface area (Å²) in [7, 11) is -9.93. The minimum Gasteiger partial charge on any atom is -0.462 e. The predicted molar refractivity (Wildman–Crippen MR) is 451 cm³/mol. The van der Waals surface area contributed by atoms with E-state index in [0.717, 1.165) is 95.8 Å². The first-order chi connectivity index (χ1) is 53.0. The summed E-state index contributed by atoms with van der Waals surface area (Å²) in [5.74, 6) is -1.37. The standard InChI is InChI=1S/C90H176O17P2/c1-6-9-12-15-18-21-24-27-30-33-36-39-42-45-48-51-54-61-66-70-75-89(94)106-85(79-100-87(92)73-68-63-58-52-49-46-43-40-37-34-31-28-25-22-19-16-13-10-7-2)81-104-108(96,97)102-77-84(91)78-103-109(98,99)105-82-86(80-101-88(93)74-69-64-59-56-55-57-62-67-72-83(4)5)107-90(95)76-71-65-60-53-50-47-44-41-38-35-32-29-26-23-20-17-14-11-8-3/h83-86,91H,6-82H2,1-5H3,(H,96,97)(H,98,99)/t84-,85-,86-/m1/s1.